The van der Waals surface area contributed by atoms with E-state index in [0.717, 1.165) is 12.8 Å². The van der Waals surface area contributed by atoms with Crippen LogP contribution in [-0.4, -0.2) is 44.7 Å². The molecule has 0 heterocycles. The average Bonchev–Trinajstić information content (AvgIpc) is 2.90. The van der Waals surface area contributed by atoms with Gasteiger partial charge in [-0.15, -0.1) is 0 Å². The van der Waals surface area contributed by atoms with Gasteiger partial charge in [0.15, 0.2) is 0 Å². The van der Waals surface area contributed by atoms with E-state index in [9.17, 15) is 20.1 Å². The lowest BCUT2D eigenvalue weighted by Crippen LogP contribution is -2.20. The van der Waals surface area contributed by atoms with Crippen LogP contribution in [0.15, 0.2) is 48.6 Å². The SMILES string of the molecule is CC[C@@H](O)/C=C/[C@@H]1[C@@H](C/C=C\C/C=C\C/C=C\CCC(=O)O)[C@@H](O)C[C@H]1O. The molecule has 0 aromatic rings. The highest BCUT2D eigenvalue weighted by Crippen LogP contribution is 2.36. The highest BCUT2D eigenvalue weighted by molar-refractivity contribution is 5.66. The zero-order valence-electron chi connectivity index (χ0n) is 16.2. The Morgan fingerprint density at radius 3 is 2.30 bits per heavy atom. The first-order valence-corrected chi connectivity index (χ1v) is 9.85. The van der Waals surface area contributed by atoms with Crippen LogP contribution in [0, 0.1) is 11.8 Å². The summed E-state index contributed by atoms with van der Waals surface area (Å²) in [6.45, 7) is 1.90. The number of aliphatic carboxylic acids is 1. The third-order valence-corrected chi connectivity index (χ3v) is 4.87. The van der Waals surface area contributed by atoms with Crippen LogP contribution < -0.4 is 0 Å². The van der Waals surface area contributed by atoms with Crippen LogP contribution in [0.4, 0.5) is 0 Å². The van der Waals surface area contributed by atoms with Crippen molar-refractivity contribution in [3.63, 3.8) is 0 Å². The van der Waals surface area contributed by atoms with Gasteiger partial charge in [0, 0.05) is 18.8 Å². The third kappa shape index (κ3) is 9.70. The van der Waals surface area contributed by atoms with E-state index in [1.807, 2.05) is 49.5 Å². The number of hydrogen-bond acceptors (Lipinski definition) is 4. The van der Waals surface area contributed by atoms with Crippen LogP contribution in [0.2, 0.25) is 0 Å². The molecule has 0 spiro atoms. The number of aliphatic hydroxyl groups is 3. The van der Waals surface area contributed by atoms with Gasteiger partial charge in [-0.25, -0.2) is 0 Å². The average molecular weight is 379 g/mol. The Labute approximate surface area is 162 Å². The van der Waals surface area contributed by atoms with Gasteiger partial charge < -0.3 is 20.4 Å². The Morgan fingerprint density at radius 2 is 1.67 bits per heavy atom. The molecule has 152 valence electrons. The number of aliphatic hydroxyl groups excluding tert-OH is 3. The predicted molar refractivity (Wildman–Crippen MR) is 107 cm³/mol. The summed E-state index contributed by atoms with van der Waals surface area (Å²) in [5, 5.41) is 38.5. The molecule has 0 radical (unpaired) electrons. The first-order valence-electron chi connectivity index (χ1n) is 9.85. The highest BCUT2D eigenvalue weighted by Gasteiger charge is 2.39. The normalized spacial score (nSPS) is 27.6. The molecule has 5 nitrogen and oxygen atoms in total. The van der Waals surface area contributed by atoms with Gasteiger partial charge in [-0.3, -0.25) is 4.79 Å². The van der Waals surface area contributed by atoms with E-state index in [2.05, 4.69) is 0 Å². The van der Waals surface area contributed by atoms with Crippen LogP contribution in [0.3, 0.4) is 0 Å². The predicted octanol–water partition coefficient (Wildman–Crippen LogP) is 3.38. The maximum atomic E-state index is 10.4. The first-order chi connectivity index (χ1) is 13.0. The number of rotatable bonds is 12. The highest BCUT2D eigenvalue weighted by atomic mass is 16.4. The van der Waals surface area contributed by atoms with Gasteiger partial charge in [0.25, 0.3) is 0 Å². The van der Waals surface area contributed by atoms with Crippen molar-refractivity contribution in [3.05, 3.63) is 48.6 Å². The lowest BCUT2D eigenvalue weighted by atomic mass is 9.89. The van der Waals surface area contributed by atoms with E-state index >= 15 is 0 Å². The molecule has 1 aliphatic carbocycles. The quantitative estimate of drug-likeness (QED) is 0.390. The Balaban J connectivity index is 2.34. The molecule has 0 aromatic heterocycles. The van der Waals surface area contributed by atoms with Crippen LogP contribution in [0.1, 0.15) is 51.9 Å². The van der Waals surface area contributed by atoms with Crippen molar-refractivity contribution < 1.29 is 25.2 Å². The van der Waals surface area contributed by atoms with Gasteiger partial charge in [-0.1, -0.05) is 55.5 Å². The molecule has 0 unspecified atom stereocenters. The molecule has 1 aliphatic rings. The molecule has 1 fully saturated rings. The Kier molecular flexibility index (Phi) is 11.7. The smallest absolute Gasteiger partial charge is 0.303 e. The maximum Gasteiger partial charge on any atom is 0.303 e. The number of hydrogen-bond donors (Lipinski definition) is 4. The number of carboxylic acids is 1. The minimum atomic E-state index is -0.778. The molecule has 0 amide bonds. The topological polar surface area (TPSA) is 98.0 Å². The molecule has 1 saturated carbocycles. The molecule has 27 heavy (non-hydrogen) atoms. The summed E-state index contributed by atoms with van der Waals surface area (Å²) in [7, 11) is 0. The Hall–Kier alpha value is -1.69. The molecular formula is C22H34O5. The molecule has 0 aromatic carbocycles. The third-order valence-electron chi connectivity index (χ3n) is 4.87. The van der Waals surface area contributed by atoms with E-state index in [1.54, 1.807) is 6.08 Å². The number of carboxylic acid groups (broad SMARTS) is 1. The second-order valence-corrected chi connectivity index (χ2v) is 7.03. The molecule has 1 rings (SSSR count). The molecule has 5 atom stereocenters. The van der Waals surface area contributed by atoms with Crippen molar-refractivity contribution in [2.75, 3.05) is 0 Å². The summed E-state index contributed by atoms with van der Waals surface area (Å²) in [5.74, 6) is -0.936. The molecule has 4 N–H and O–H groups in total. The van der Waals surface area contributed by atoms with E-state index in [-0.39, 0.29) is 18.3 Å². The standard InChI is InChI=1S/C22H34O5/c1-2-17(23)14-15-19-18(20(24)16-21(19)25)12-10-8-6-4-3-5-7-9-11-13-22(26)27/h3-4,7-10,14-15,17-21,23-25H,2,5-6,11-13,16H2,1H3,(H,26,27)/b4-3-,9-7-,10-8-,15-14+/t17-,18-,19-,20+,21-/m1/s1. The fourth-order valence-corrected chi connectivity index (χ4v) is 3.22. The molecule has 0 aliphatic heterocycles. The van der Waals surface area contributed by atoms with Gasteiger partial charge in [-0.05, 0) is 38.0 Å². The van der Waals surface area contributed by atoms with Gasteiger partial charge >= 0.3 is 5.97 Å². The first kappa shape index (κ1) is 23.3. The fourth-order valence-electron chi connectivity index (χ4n) is 3.22. The summed E-state index contributed by atoms with van der Waals surface area (Å²) in [5.41, 5.74) is 0. The maximum absolute atomic E-state index is 10.4. The molecule has 5 heteroatoms. The lowest BCUT2D eigenvalue weighted by molar-refractivity contribution is -0.136. The fraction of sp³-hybridized carbons (Fsp3) is 0.591. The van der Waals surface area contributed by atoms with Crippen LogP contribution >= 0.6 is 0 Å². The van der Waals surface area contributed by atoms with E-state index < -0.39 is 24.3 Å². The van der Waals surface area contributed by atoms with Crippen molar-refractivity contribution in [3.8, 4) is 0 Å². The largest absolute Gasteiger partial charge is 0.481 e. The minimum absolute atomic E-state index is 0.0299. The second kappa shape index (κ2) is 13.5. The van der Waals surface area contributed by atoms with Crippen molar-refractivity contribution >= 4 is 5.97 Å². The lowest BCUT2D eigenvalue weighted by Gasteiger charge is -2.19. The second-order valence-electron chi connectivity index (χ2n) is 7.03. The van der Waals surface area contributed by atoms with Crippen molar-refractivity contribution in [1.29, 1.82) is 0 Å². The zero-order chi connectivity index (χ0) is 20.1. The molecule has 0 saturated heterocycles. The van der Waals surface area contributed by atoms with E-state index in [4.69, 9.17) is 5.11 Å². The molecule has 0 bridgehead atoms. The van der Waals surface area contributed by atoms with Gasteiger partial charge in [-0.2, -0.15) is 0 Å². The minimum Gasteiger partial charge on any atom is -0.481 e. The Bertz CT molecular complexity index is 535. The summed E-state index contributed by atoms with van der Waals surface area (Å²) in [6.07, 6.45) is 18.0. The van der Waals surface area contributed by atoms with Crippen LogP contribution in [0.5, 0.6) is 0 Å². The summed E-state index contributed by atoms with van der Waals surface area (Å²) < 4.78 is 0. The molecular weight excluding hydrogens is 344 g/mol. The van der Waals surface area contributed by atoms with Gasteiger partial charge in [0.1, 0.15) is 0 Å². The Morgan fingerprint density at radius 1 is 1.04 bits per heavy atom. The van der Waals surface area contributed by atoms with Crippen molar-refractivity contribution in [2.45, 2.75) is 70.2 Å². The monoisotopic (exact) mass is 378 g/mol. The van der Waals surface area contributed by atoms with Gasteiger partial charge in [0.05, 0.1) is 18.3 Å². The summed E-state index contributed by atoms with van der Waals surface area (Å²) >= 11 is 0. The van der Waals surface area contributed by atoms with Crippen molar-refractivity contribution in [1.82, 2.24) is 0 Å². The van der Waals surface area contributed by atoms with Crippen LogP contribution in [0.25, 0.3) is 0 Å². The number of allylic oxidation sites excluding steroid dienone is 6. The zero-order valence-corrected chi connectivity index (χ0v) is 16.2. The van der Waals surface area contributed by atoms with E-state index in [1.165, 1.54) is 0 Å². The summed E-state index contributed by atoms with van der Waals surface area (Å²) in [4.78, 5) is 10.4. The van der Waals surface area contributed by atoms with Crippen molar-refractivity contribution in [2.24, 2.45) is 11.8 Å². The summed E-state index contributed by atoms with van der Waals surface area (Å²) in [6, 6.07) is 0. The number of carbonyl (C=O) groups is 1. The van der Waals surface area contributed by atoms with E-state index in [0.29, 0.717) is 25.7 Å². The van der Waals surface area contributed by atoms with Gasteiger partial charge in [0.2, 0.25) is 0 Å². The van der Waals surface area contributed by atoms with Crippen LogP contribution in [-0.2, 0) is 4.79 Å².